The quantitative estimate of drug-likeness (QED) is 0.461. The van der Waals surface area contributed by atoms with Gasteiger partial charge in [-0.2, -0.15) is 0 Å². The van der Waals surface area contributed by atoms with Crippen LogP contribution in [0.2, 0.25) is 0 Å². The molecule has 0 saturated heterocycles. The van der Waals surface area contributed by atoms with Gasteiger partial charge in [-0.25, -0.2) is 0 Å². The first-order chi connectivity index (χ1) is 4.43. The Balaban J connectivity index is 2.30. The zero-order chi connectivity index (χ0) is 6.53. The van der Waals surface area contributed by atoms with E-state index in [1.807, 2.05) is 11.8 Å². The summed E-state index contributed by atoms with van der Waals surface area (Å²) in [5, 5.41) is 1.10. The summed E-state index contributed by atoms with van der Waals surface area (Å²) in [6.07, 6.45) is 0. The fourth-order valence-electron chi connectivity index (χ4n) is 0.485. The van der Waals surface area contributed by atoms with Gasteiger partial charge in [0.2, 0.25) is 0 Å². The molecule has 0 radical (unpaired) electrons. The van der Waals surface area contributed by atoms with E-state index in [9.17, 15) is 0 Å². The Bertz CT molecular complexity index is 150. The second-order valence-corrected chi connectivity index (χ2v) is 5.97. The average molecular weight is 270 g/mol. The molecule has 3 heteroatoms. The Morgan fingerprint density at radius 1 is 1.67 bits per heavy atom. The number of hydrogen-bond acceptors (Lipinski definition) is 1. The van der Waals surface area contributed by atoms with Crippen LogP contribution in [0.5, 0.6) is 0 Å². The number of halogens is 1. The van der Waals surface area contributed by atoms with Crippen molar-refractivity contribution >= 4 is 42.2 Å². The molecule has 0 aromatic carbocycles. The van der Waals surface area contributed by atoms with Crippen molar-refractivity contribution in [2.45, 2.75) is 3.77 Å². The second kappa shape index (κ2) is 4.62. The van der Waals surface area contributed by atoms with Crippen molar-refractivity contribution < 1.29 is 0 Å². The first-order valence-corrected chi connectivity index (χ1v) is 6.61. The molecule has 0 atom stereocenters. The molecule has 1 aromatic rings. The van der Waals surface area contributed by atoms with Crippen LogP contribution in [0.4, 0.5) is 0 Å². The van der Waals surface area contributed by atoms with E-state index >= 15 is 0 Å². The molecule has 50 valence electrons. The van der Waals surface area contributed by atoms with Crippen LogP contribution >= 0.6 is 27.7 Å². The molecular weight excluding hydrogens is 263 g/mol. The van der Waals surface area contributed by atoms with E-state index in [0.29, 0.717) is 14.5 Å². The summed E-state index contributed by atoms with van der Waals surface area (Å²) in [5.74, 6) is 1.20. The van der Waals surface area contributed by atoms with E-state index in [1.165, 1.54) is 5.75 Å². The van der Waals surface area contributed by atoms with Crippen LogP contribution in [-0.4, -0.2) is 25.6 Å². The minimum absolute atomic E-state index is 0.660. The van der Waals surface area contributed by atoms with E-state index in [2.05, 4.69) is 33.0 Å². The first-order valence-electron chi connectivity index (χ1n) is 2.66. The van der Waals surface area contributed by atoms with Crippen LogP contribution in [0.25, 0.3) is 0 Å². The summed E-state index contributed by atoms with van der Waals surface area (Å²) in [7, 11) is 0. The molecule has 9 heavy (non-hydrogen) atoms. The van der Waals surface area contributed by atoms with E-state index < -0.39 is 0 Å². The molecule has 0 aliphatic rings. The summed E-state index contributed by atoms with van der Waals surface area (Å²) in [6, 6.07) is 4.36. The molecule has 0 aliphatic heterocycles. The molecular formula is C6H7BrSSe. The van der Waals surface area contributed by atoms with Gasteiger partial charge in [0, 0.05) is 0 Å². The van der Waals surface area contributed by atoms with Gasteiger partial charge in [0.05, 0.1) is 0 Å². The van der Waals surface area contributed by atoms with Crippen molar-refractivity contribution in [3.05, 3.63) is 17.1 Å². The van der Waals surface area contributed by atoms with Gasteiger partial charge in [0.25, 0.3) is 0 Å². The van der Waals surface area contributed by atoms with Crippen molar-refractivity contribution in [1.29, 1.82) is 0 Å². The molecule has 0 amide bonds. The number of rotatable bonds is 3. The predicted octanol–water partition coefficient (Wildman–Crippen LogP) is 2.23. The standard InChI is InChI=1S/C6H7BrSSe/c7-3-4-8-6-2-1-5-9-6/h1-2,5H,3-4H2. The van der Waals surface area contributed by atoms with Crippen LogP contribution in [0, 0.1) is 0 Å². The summed E-state index contributed by atoms with van der Waals surface area (Å²) >= 11 is 6.02. The summed E-state index contributed by atoms with van der Waals surface area (Å²) in [5.41, 5.74) is 0. The third kappa shape index (κ3) is 2.94. The molecule has 0 nitrogen and oxygen atoms in total. The molecule has 0 aliphatic carbocycles. The van der Waals surface area contributed by atoms with Gasteiger partial charge in [0.15, 0.2) is 0 Å². The topological polar surface area (TPSA) is 0 Å². The summed E-state index contributed by atoms with van der Waals surface area (Å²) in [6.45, 7) is 0. The van der Waals surface area contributed by atoms with Crippen LogP contribution in [0.1, 0.15) is 0 Å². The Morgan fingerprint density at radius 3 is 3.11 bits per heavy atom. The van der Waals surface area contributed by atoms with Crippen LogP contribution in [0.3, 0.4) is 0 Å². The number of hydrogen-bond donors (Lipinski definition) is 0. The molecule has 0 N–H and O–H groups in total. The molecule has 0 bridgehead atoms. The van der Waals surface area contributed by atoms with E-state index in [1.54, 1.807) is 3.77 Å². The summed E-state index contributed by atoms with van der Waals surface area (Å²) in [4.78, 5) is 2.25. The van der Waals surface area contributed by atoms with E-state index in [4.69, 9.17) is 0 Å². The van der Waals surface area contributed by atoms with E-state index in [0.717, 1.165) is 5.33 Å². The monoisotopic (exact) mass is 270 g/mol. The van der Waals surface area contributed by atoms with E-state index in [-0.39, 0.29) is 0 Å². The van der Waals surface area contributed by atoms with Gasteiger partial charge in [0.1, 0.15) is 0 Å². The zero-order valence-corrected chi connectivity index (χ0v) is 8.96. The maximum absolute atomic E-state index is 3.40. The average Bonchev–Trinajstić information content (AvgIpc) is 2.34. The van der Waals surface area contributed by atoms with Crippen molar-refractivity contribution in [3.8, 4) is 0 Å². The molecule has 0 unspecified atom stereocenters. The third-order valence-corrected chi connectivity index (χ3v) is 5.20. The number of thioether (sulfide) groups is 1. The molecule has 0 saturated carbocycles. The van der Waals surface area contributed by atoms with Gasteiger partial charge in [-0.1, -0.05) is 0 Å². The first kappa shape index (κ1) is 7.93. The van der Waals surface area contributed by atoms with Crippen molar-refractivity contribution in [1.82, 2.24) is 0 Å². The van der Waals surface area contributed by atoms with Crippen LogP contribution < -0.4 is 0 Å². The van der Waals surface area contributed by atoms with Crippen molar-refractivity contribution in [2.75, 3.05) is 11.1 Å². The molecule has 1 aromatic heterocycles. The Kier molecular flexibility index (Phi) is 4.07. The van der Waals surface area contributed by atoms with Gasteiger partial charge < -0.3 is 0 Å². The van der Waals surface area contributed by atoms with Gasteiger partial charge in [-0.05, 0) is 0 Å². The fourth-order valence-corrected chi connectivity index (χ4v) is 3.67. The third-order valence-electron chi connectivity index (χ3n) is 0.817. The molecule has 0 fully saturated rings. The second-order valence-electron chi connectivity index (χ2n) is 1.47. The zero-order valence-electron chi connectivity index (χ0n) is 4.84. The molecule has 0 spiro atoms. The normalized spacial score (nSPS) is 9.89. The van der Waals surface area contributed by atoms with Crippen LogP contribution in [-0.2, 0) is 0 Å². The van der Waals surface area contributed by atoms with Gasteiger partial charge >= 0.3 is 74.1 Å². The predicted molar refractivity (Wildman–Crippen MR) is 47.9 cm³/mol. The van der Waals surface area contributed by atoms with Crippen molar-refractivity contribution in [3.63, 3.8) is 0 Å². The van der Waals surface area contributed by atoms with Gasteiger partial charge in [-0.15, -0.1) is 0 Å². The number of alkyl halides is 1. The van der Waals surface area contributed by atoms with Crippen molar-refractivity contribution in [2.24, 2.45) is 0 Å². The Morgan fingerprint density at radius 2 is 2.56 bits per heavy atom. The minimum atomic E-state index is 0.660. The van der Waals surface area contributed by atoms with Crippen LogP contribution in [0.15, 0.2) is 20.8 Å². The Labute approximate surface area is 73.9 Å². The SMILES string of the molecule is BrCCSc1ccc[se]1. The summed E-state index contributed by atoms with van der Waals surface area (Å²) < 4.78 is 1.56. The molecule has 1 rings (SSSR count). The van der Waals surface area contributed by atoms with Gasteiger partial charge in [-0.3, -0.25) is 0 Å². The molecule has 1 heterocycles. The Hall–Kier alpha value is 0.829. The maximum atomic E-state index is 3.40. The fraction of sp³-hybridized carbons (Fsp3) is 0.333.